The lowest BCUT2D eigenvalue weighted by molar-refractivity contribution is 0.0785. The number of nitrogens with one attached hydrogen (secondary N) is 1. The third kappa shape index (κ3) is 2.83. The van der Waals surface area contributed by atoms with Gasteiger partial charge in [-0.2, -0.15) is 5.10 Å². The van der Waals surface area contributed by atoms with Crippen LogP contribution >= 0.6 is 23.2 Å². The minimum absolute atomic E-state index is 0.116. The highest BCUT2D eigenvalue weighted by atomic mass is 35.5. The summed E-state index contributed by atoms with van der Waals surface area (Å²) in [6, 6.07) is 4.84. The topological polar surface area (TPSA) is 49.0 Å². The van der Waals surface area contributed by atoms with Crippen LogP contribution in [0, 0.1) is 0 Å². The fourth-order valence-corrected chi connectivity index (χ4v) is 1.86. The van der Waals surface area contributed by atoms with Crippen molar-refractivity contribution in [1.29, 1.82) is 0 Å². The number of H-pyrrole nitrogens is 1. The van der Waals surface area contributed by atoms with Crippen molar-refractivity contribution < 1.29 is 4.79 Å². The number of benzene rings is 1. The monoisotopic (exact) mass is 283 g/mol. The Balaban J connectivity index is 2.12. The zero-order valence-electron chi connectivity index (χ0n) is 9.65. The number of rotatable bonds is 3. The molecule has 0 radical (unpaired) electrons. The second kappa shape index (κ2) is 5.42. The summed E-state index contributed by atoms with van der Waals surface area (Å²) < 4.78 is 0. The van der Waals surface area contributed by atoms with Gasteiger partial charge in [0.1, 0.15) is 0 Å². The summed E-state index contributed by atoms with van der Waals surface area (Å²) in [5.74, 6) is -0.116. The molecule has 0 aliphatic carbocycles. The summed E-state index contributed by atoms with van der Waals surface area (Å²) in [6.07, 6.45) is 3.43. The first-order chi connectivity index (χ1) is 8.58. The molecule has 1 aromatic carbocycles. The van der Waals surface area contributed by atoms with Gasteiger partial charge < -0.3 is 4.90 Å². The van der Waals surface area contributed by atoms with Crippen molar-refractivity contribution in [3.63, 3.8) is 0 Å². The van der Waals surface area contributed by atoms with Crippen LogP contribution < -0.4 is 0 Å². The van der Waals surface area contributed by atoms with Crippen molar-refractivity contribution in [3.8, 4) is 0 Å². The summed E-state index contributed by atoms with van der Waals surface area (Å²) >= 11 is 11.7. The Labute approximate surface area is 115 Å². The van der Waals surface area contributed by atoms with Crippen LogP contribution in [0.3, 0.4) is 0 Å². The maximum absolute atomic E-state index is 12.1. The molecule has 0 spiro atoms. The van der Waals surface area contributed by atoms with Crippen LogP contribution in [-0.2, 0) is 6.54 Å². The molecule has 0 fully saturated rings. The molecule has 18 heavy (non-hydrogen) atoms. The summed E-state index contributed by atoms with van der Waals surface area (Å²) in [7, 11) is 1.72. The van der Waals surface area contributed by atoms with Crippen molar-refractivity contribution in [1.82, 2.24) is 15.1 Å². The SMILES string of the molecule is CN(Cc1cn[nH]c1)C(=O)c1ccc(Cl)c(Cl)c1. The van der Waals surface area contributed by atoms with Crippen molar-refractivity contribution in [3.05, 3.63) is 51.8 Å². The molecule has 0 atom stereocenters. The molecule has 1 N–H and O–H groups in total. The van der Waals surface area contributed by atoms with Crippen molar-refractivity contribution in [2.75, 3.05) is 7.05 Å². The number of carbonyl (C=O) groups excluding carboxylic acids is 1. The van der Waals surface area contributed by atoms with Gasteiger partial charge >= 0.3 is 0 Å². The van der Waals surface area contributed by atoms with E-state index in [4.69, 9.17) is 23.2 Å². The van der Waals surface area contributed by atoms with Crippen LogP contribution in [0.1, 0.15) is 15.9 Å². The molecule has 0 aliphatic heterocycles. The van der Waals surface area contributed by atoms with Gasteiger partial charge in [-0.15, -0.1) is 0 Å². The van der Waals surface area contributed by atoms with E-state index in [1.54, 1.807) is 42.5 Å². The minimum Gasteiger partial charge on any atom is -0.337 e. The summed E-state index contributed by atoms with van der Waals surface area (Å²) in [4.78, 5) is 13.7. The van der Waals surface area contributed by atoms with Gasteiger partial charge in [0.25, 0.3) is 5.91 Å². The second-order valence-corrected chi connectivity index (χ2v) is 4.71. The highest BCUT2D eigenvalue weighted by Gasteiger charge is 2.13. The quantitative estimate of drug-likeness (QED) is 0.942. The highest BCUT2D eigenvalue weighted by molar-refractivity contribution is 6.42. The van der Waals surface area contributed by atoms with E-state index in [0.717, 1.165) is 5.56 Å². The molecule has 2 rings (SSSR count). The maximum Gasteiger partial charge on any atom is 0.253 e. The number of carbonyl (C=O) groups is 1. The smallest absolute Gasteiger partial charge is 0.253 e. The Bertz CT molecular complexity index is 554. The number of aromatic nitrogens is 2. The van der Waals surface area contributed by atoms with Gasteiger partial charge in [0, 0.05) is 30.9 Å². The van der Waals surface area contributed by atoms with Crippen LogP contribution in [0.4, 0.5) is 0 Å². The Morgan fingerprint density at radius 1 is 1.39 bits per heavy atom. The number of amides is 1. The first-order valence-electron chi connectivity index (χ1n) is 5.26. The molecule has 94 valence electrons. The molecule has 0 bridgehead atoms. The summed E-state index contributed by atoms with van der Waals surface area (Å²) in [5.41, 5.74) is 1.45. The van der Waals surface area contributed by atoms with Crippen molar-refractivity contribution in [2.45, 2.75) is 6.54 Å². The van der Waals surface area contributed by atoms with Gasteiger partial charge in [0.2, 0.25) is 0 Å². The second-order valence-electron chi connectivity index (χ2n) is 3.90. The van der Waals surface area contributed by atoms with Crippen LogP contribution in [0.15, 0.2) is 30.6 Å². The number of halogens is 2. The summed E-state index contributed by atoms with van der Waals surface area (Å²) in [6.45, 7) is 0.482. The predicted molar refractivity (Wildman–Crippen MR) is 70.8 cm³/mol. The van der Waals surface area contributed by atoms with E-state index in [1.807, 2.05) is 0 Å². The molecule has 1 aromatic heterocycles. The fraction of sp³-hybridized carbons (Fsp3) is 0.167. The number of nitrogens with zero attached hydrogens (tertiary/aromatic N) is 2. The molecule has 0 aliphatic rings. The van der Waals surface area contributed by atoms with E-state index in [2.05, 4.69) is 10.2 Å². The first kappa shape index (κ1) is 12.9. The average molecular weight is 284 g/mol. The normalized spacial score (nSPS) is 10.4. The Morgan fingerprint density at radius 3 is 2.78 bits per heavy atom. The highest BCUT2D eigenvalue weighted by Crippen LogP contribution is 2.23. The fourth-order valence-electron chi connectivity index (χ4n) is 1.56. The lowest BCUT2D eigenvalue weighted by atomic mass is 10.2. The molecule has 0 unspecified atom stereocenters. The van der Waals surface area contributed by atoms with E-state index in [9.17, 15) is 4.79 Å². The van der Waals surface area contributed by atoms with Crippen LogP contribution in [0.2, 0.25) is 10.0 Å². The van der Waals surface area contributed by atoms with Gasteiger partial charge in [-0.1, -0.05) is 23.2 Å². The standard InChI is InChI=1S/C12H11Cl2N3O/c1-17(7-8-5-15-16-6-8)12(18)9-2-3-10(13)11(14)4-9/h2-6H,7H2,1H3,(H,15,16). The lowest BCUT2D eigenvalue weighted by Gasteiger charge is -2.16. The van der Waals surface area contributed by atoms with E-state index >= 15 is 0 Å². The van der Waals surface area contributed by atoms with Gasteiger partial charge in [0.15, 0.2) is 0 Å². The Kier molecular flexibility index (Phi) is 3.89. The van der Waals surface area contributed by atoms with Crippen LogP contribution in [0.25, 0.3) is 0 Å². The molecule has 2 aromatic rings. The van der Waals surface area contributed by atoms with E-state index in [1.165, 1.54) is 0 Å². The Hall–Kier alpha value is -1.52. The number of aromatic amines is 1. The van der Waals surface area contributed by atoms with Gasteiger partial charge in [0.05, 0.1) is 16.2 Å². The predicted octanol–water partition coefficient (Wildman–Crippen LogP) is 2.99. The zero-order chi connectivity index (χ0) is 13.1. The van der Waals surface area contributed by atoms with Crippen molar-refractivity contribution >= 4 is 29.1 Å². The van der Waals surface area contributed by atoms with Gasteiger partial charge in [-0.05, 0) is 18.2 Å². The zero-order valence-corrected chi connectivity index (χ0v) is 11.2. The first-order valence-corrected chi connectivity index (χ1v) is 6.01. The van der Waals surface area contributed by atoms with E-state index in [0.29, 0.717) is 22.2 Å². The number of hydrogen-bond acceptors (Lipinski definition) is 2. The maximum atomic E-state index is 12.1. The molecule has 0 saturated carbocycles. The molecule has 0 saturated heterocycles. The van der Waals surface area contributed by atoms with E-state index < -0.39 is 0 Å². The largest absolute Gasteiger partial charge is 0.337 e. The van der Waals surface area contributed by atoms with Gasteiger partial charge in [-0.25, -0.2) is 0 Å². The molecule has 6 heteroatoms. The average Bonchev–Trinajstić information content (AvgIpc) is 2.84. The molecule has 4 nitrogen and oxygen atoms in total. The van der Waals surface area contributed by atoms with Crippen LogP contribution in [0.5, 0.6) is 0 Å². The number of hydrogen-bond donors (Lipinski definition) is 1. The molecule has 1 amide bonds. The Morgan fingerprint density at radius 2 is 2.17 bits per heavy atom. The molecular weight excluding hydrogens is 273 g/mol. The molecular formula is C12H11Cl2N3O. The van der Waals surface area contributed by atoms with E-state index in [-0.39, 0.29) is 5.91 Å². The van der Waals surface area contributed by atoms with Crippen molar-refractivity contribution in [2.24, 2.45) is 0 Å². The third-order valence-electron chi connectivity index (χ3n) is 2.49. The minimum atomic E-state index is -0.116. The molecule has 1 heterocycles. The lowest BCUT2D eigenvalue weighted by Crippen LogP contribution is -2.25. The summed E-state index contributed by atoms with van der Waals surface area (Å²) in [5, 5.41) is 7.35. The van der Waals surface area contributed by atoms with Gasteiger partial charge in [-0.3, -0.25) is 9.89 Å². The third-order valence-corrected chi connectivity index (χ3v) is 3.23. The van der Waals surface area contributed by atoms with Crippen LogP contribution in [-0.4, -0.2) is 28.1 Å².